The third kappa shape index (κ3) is 3.14. The van der Waals surface area contributed by atoms with Gasteiger partial charge in [-0.1, -0.05) is 13.3 Å². The Labute approximate surface area is 121 Å². The monoisotopic (exact) mass is 281 g/mol. The van der Waals surface area contributed by atoms with E-state index < -0.39 is 0 Å². The predicted octanol–water partition coefficient (Wildman–Crippen LogP) is 0.844. The Morgan fingerprint density at radius 3 is 2.70 bits per heavy atom. The zero-order valence-corrected chi connectivity index (χ0v) is 12.9. The van der Waals surface area contributed by atoms with Crippen molar-refractivity contribution in [1.29, 1.82) is 0 Å². The van der Waals surface area contributed by atoms with Gasteiger partial charge in [-0.15, -0.1) is 0 Å². The molecule has 0 radical (unpaired) electrons. The molecule has 3 unspecified atom stereocenters. The lowest BCUT2D eigenvalue weighted by Gasteiger charge is -2.34. The molecule has 20 heavy (non-hydrogen) atoms. The molecule has 0 aliphatic carbocycles. The molecule has 5 nitrogen and oxygen atoms in total. The van der Waals surface area contributed by atoms with E-state index in [1.807, 2.05) is 0 Å². The van der Waals surface area contributed by atoms with Crippen LogP contribution in [0.15, 0.2) is 0 Å². The number of amides is 2. The minimum atomic E-state index is -0.249. The summed E-state index contributed by atoms with van der Waals surface area (Å²) in [7, 11) is 3.52. The Bertz CT molecular complexity index is 370. The van der Waals surface area contributed by atoms with Crippen LogP contribution >= 0.6 is 0 Å². The number of likely N-dealkylation sites (tertiary alicyclic amines) is 1. The summed E-state index contributed by atoms with van der Waals surface area (Å²) in [6, 6.07) is -0.342. The average Bonchev–Trinajstić information content (AvgIpc) is 2.94. The van der Waals surface area contributed by atoms with Crippen LogP contribution in [0.3, 0.4) is 0 Å². The Morgan fingerprint density at radius 2 is 2.05 bits per heavy atom. The van der Waals surface area contributed by atoms with Gasteiger partial charge in [-0.3, -0.25) is 9.59 Å². The van der Waals surface area contributed by atoms with Crippen molar-refractivity contribution in [2.45, 2.75) is 51.1 Å². The fraction of sp³-hybridized carbons (Fsp3) is 0.867. The smallest absolute Gasteiger partial charge is 0.244 e. The quantitative estimate of drug-likeness (QED) is 0.834. The molecular weight excluding hydrogens is 254 g/mol. The van der Waals surface area contributed by atoms with E-state index in [2.05, 4.69) is 12.2 Å². The van der Waals surface area contributed by atoms with Crippen molar-refractivity contribution < 1.29 is 9.59 Å². The van der Waals surface area contributed by atoms with Gasteiger partial charge in [0.1, 0.15) is 6.04 Å². The summed E-state index contributed by atoms with van der Waals surface area (Å²) in [6.07, 6.45) is 4.92. The number of carbonyl (C=O) groups excluding carboxylic acids is 2. The molecule has 114 valence electrons. The van der Waals surface area contributed by atoms with Crippen LogP contribution in [-0.2, 0) is 9.59 Å². The number of nitrogens with zero attached hydrogens (tertiary/aromatic N) is 2. The van der Waals surface area contributed by atoms with Crippen molar-refractivity contribution in [2.75, 3.05) is 27.2 Å². The standard InChI is InChI=1S/C15H27N3O2/c1-4-11-7-8-16-12(10-11)14(19)18-9-5-6-13(18)15(20)17(2)3/h11-13,16H,4-10H2,1-3H3. The maximum Gasteiger partial charge on any atom is 0.244 e. The normalized spacial score (nSPS) is 30.4. The summed E-state index contributed by atoms with van der Waals surface area (Å²) in [6.45, 7) is 3.82. The summed E-state index contributed by atoms with van der Waals surface area (Å²) in [5.41, 5.74) is 0. The Hall–Kier alpha value is -1.10. The first-order valence-corrected chi connectivity index (χ1v) is 7.79. The van der Waals surface area contributed by atoms with E-state index in [0.29, 0.717) is 5.92 Å². The number of piperidine rings is 1. The minimum absolute atomic E-state index is 0.0544. The number of hydrogen-bond donors (Lipinski definition) is 1. The van der Waals surface area contributed by atoms with Gasteiger partial charge < -0.3 is 15.1 Å². The van der Waals surface area contributed by atoms with Crippen molar-refractivity contribution in [3.05, 3.63) is 0 Å². The van der Waals surface area contributed by atoms with E-state index in [0.717, 1.165) is 45.2 Å². The zero-order chi connectivity index (χ0) is 14.7. The molecule has 0 aromatic heterocycles. The Morgan fingerprint density at radius 1 is 1.30 bits per heavy atom. The minimum Gasteiger partial charge on any atom is -0.347 e. The van der Waals surface area contributed by atoms with Crippen molar-refractivity contribution >= 4 is 11.8 Å². The van der Waals surface area contributed by atoms with Crippen LogP contribution in [0.4, 0.5) is 0 Å². The van der Waals surface area contributed by atoms with Gasteiger partial charge in [0.05, 0.1) is 6.04 Å². The number of nitrogens with one attached hydrogen (secondary N) is 1. The largest absolute Gasteiger partial charge is 0.347 e. The van der Waals surface area contributed by atoms with Gasteiger partial charge in [0.15, 0.2) is 0 Å². The van der Waals surface area contributed by atoms with Crippen LogP contribution in [0.25, 0.3) is 0 Å². The first kappa shape index (κ1) is 15.3. The Balaban J connectivity index is 2.02. The fourth-order valence-electron chi connectivity index (χ4n) is 3.34. The molecule has 2 fully saturated rings. The lowest BCUT2D eigenvalue weighted by Crippen LogP contribution is -2.54. The van der Waals surface area contributed by atoms with Crippen molar-refractivity contribution in [1.82, 2.24) is 15.1 Å². The van der Waals surface area contributed by atoms with Crippen LogP contribution in [0, 0.1) is 5.92 Å². The summed E-state index contributed by atoms with van der Waals surface area (Å²) >= 11 is 0. The fourth-order valence-corrected chi connectivity index (χ4v) is 3.34. The molecule has 2 aliphatic heterocycles. The van der Waals surface area contributed by atoms with Crippen LogP contribution < -0.4 is 5.32 Å². The van der Waals surface area contributed by atoms with E-state index in [1.54, 1.807) is 23.9 Å². The maximum atomic E-state index is 12.7. The SMILES string of the molecule is CCC1CCNC(C(=O)N2CCCC2C(=O)N(C)C)C1. The molecule has 2 heterocycles. The van der Waals surface area contributed by atoms with E-state index in [4.69, 9.17) is 0 Å². The van der Waals surface area contributed by atoms with Crippen LogP contribution in [0.2, 0.25) is 0 Å². The topological polar surface area (TPSA) is 52.7 Å². The number of likely N-dealkylation sites (N-methyl/N-ethyl adjacent to an activating group) is 1. The average molecular weight is 281 g/mol. The van der Waals surface area contributed by atoms with Crippen LogP contribution in [-0.4, -0.2) is 60.9 Å². The highest BCUT2D eigenvalue weighted by Crippen LogP contribution is 2.24. The van der Waals surface area contributed by atoms with Crippen molar-refractivity contribution in [3.8, 4) is 0 Å². The van der Waals surface area contributed by atoms with E-state index in [9.17, 15) is 9.59 Å². The molecule has 2 saturated heterocycles. The highest BCUT2D eigenvalue weighted by Gasteiger charge is 2.38. The molecule has 0 saturated carbocycles. The molecule has 3 atom stereocenters. The number of hydrogen-bond acceptors (Lipinski definition) is 3. The molecule has 0 spiro atoms. The second-order valence-electron chi connectivity index (χ2n) is 6.23. The van der Waals surface area contributed by atoms with Gasteiger partial charge in [-0.05, 0) is 38.1 Å². The van der Waals surface area contributed by atoms with Gasteiger partial charge in [-0.2, -0.15) is 0 Å². The van der Waals surface area contributed by atoms with E-state index >= 15 is 0 Å². The first-order chi connectivity index (χ1) is 9.54. The Kier molecular flexibility index (Phi) is 5.02. The second kappa shape index (κ2) is 6.57. The molecule has 2 amide bonds. The molecule has 2 aliphatic rings. The number of carbonyl (C=O) groups is 2. The highest BCUT2D eigenvalue weighted by molar-refractivity contribution is 5.90. The molecule has 0 aromatic carbocycles. The summed E-state index contributed by atoms with van der Waals surface area (Å²) in [5.74, 6) is 0.815. The molecule has 0 bridgehead atoms. The zero-order valence-electron chi connectivity index (χ0n) is 12.9. The van der Waals surface area contributed by atoms with E-state index in [-0.39, 0.29) is 23.9 Å². The number of rotatable bonds is 3. The third-order valence-corrected chi connectivity index (χ3v) is 4.65. The highest BCUT2D eigenvalue weighted by atomic mass is 16.2. The van der Waals surface area contributed by atoms with Gasteiger partial charge in [0.2, 0.25) is 11.8 Å². The second-order valence-corrected chi connectivity index (χ2v) is 6.23. The summed E-state index contributed by atoms with van der Waals surface area (Å²) in [5, 5.41) is 3.33. The summed E-state index contributed by atoms with van der Waals surface area (Å²) < 4.78 is 0. The van der Waals surface area contributed by atoms with Gasteiger partial charge >= 0.3 is 0 Å². The lowest BCUT2D eigenvalue weighted by molar-refractivity contribution is -0.144. The van der Waals surface area contributed by atoms with Gasteiger partial charge in [0, 0.05) is 20.6 Å². The third-order valence-electron chi connectivity index (χ3n) is 4.65. The van der Waals surface area contributed by atoms with Crippen LogP contribution in [0.5, 0.6) is 0 Å². The molecule has 5 heteroatoms. The first-order valence-electron chi connectivity index (χ1n) is 7.79. The van der Waals surface area contributed by atoms with Crippen LogP contribution in [0.1, 0.15) is 39.0 Å². The molecule has 1 N–H and O–H groups in total. The van der Waals surface area contributed by atoms with Crippen molar-refractivity contribution in [2.24, 2.45) is 5.92 Å². The summed E-state index contributed by atoms with van der Waals surface area (Å²) in [4.78, 5) is 28.3. The predicted molar refractivity (Wildman–Crippen MR) is 78.2 cm³/mol. The van der Waals surface area contributed by atoms with Gasteiger partial charge in [0.25, 0.3) is 0 Å². The van der Waals surface area contributed by atoms with Gasteiger partial charge in [-0.25, -0.2) is 0 Å². The van der Waals surface area contributed by atoms with E-state index in [1.165, 1.54) is 0 Å². The maximum absolute atomic E-state index is 12.7. The molecule has 2 rings (SSSR count). The molecular formula is C15H27N3O2. The van der Waals surface area contributed by atoms with Crippen molar-refractivity contribution in [3.63, 3.8) is 0 Å². The lowest BCUT2D eigenvalue weighted by atomic mass is 9.90. The molecule has 0 aromatic rings.